The maximum absolute atomic E-state index is 13.0. The van der Waals surface area contributed by atoms with Gasteiger partial charge in [0, 0.05) is 25.8 Å². The summed E-state index contributed by atoms with van der Waals surface area (Å²) in [6.45, 7) is 0.674. The average Bonchev–Trinajstić information content (AvgIpc) is 2.74. The van der Waals surface area contributed by atoms with Crippen molar-refractivity contribution in [3.05, 3.63) is 96.1 Å². The van der Waals surface area contributed by atoms with Crippen LogP contribution in [0, 0.1) is 0 Å². The van der Waals surface area contributed by atoms with E-state index >= 15 is 0 Å². The zero-order chi connectivity index (χ0) is 19.9. The molecule has 0 heterocycles. The van der Waals surface area contributed by atoms with E-state index < -0.39 is 11.8 Å². The van der Waals surface area contributed by atoms with Crippen LogP contribution >= 0.6 is 0 Å². The molecule has 0 aliphatic heterocycles. The Morgan fingerprint density at radius 1 is 0.714 bits per heavy atom. The Balaban J connectivity index is 1.82. The second-order valence-corrected chi connectivity index (χ2v) is 6.51. The van der Waals surface area contributed by atoms with Crippen molar-refractivity contribution in [2.45, 2.75) is 13.1 Å². The number of carbonyl (C=O) groups excluding carboxylic acids is 2. The fourth-order valence-corrected chi connectivity index (χ4v) is 2.88. The maximum Gasteiger partial charge on any atom is 0.316 e. The Hall–Kier alpha value is -3.60. The highest BCUT2D eigenvalue weighted by Gasteiger charge is 2.26. The first-order valence-electron chi connectivity index (χ1n) is 8.98. The monoisotopic (exact) mass is 374 g/mol. The molecule has 3 aromatic carbocycles. The van der Waals surface area contributed by atoms with Crippen molar-refractivity contribution in [1.82, 2.24) is 4.90 Å². The van der Waals surface area contributed by atoms with Gasteiger partial charge in [0.25, 0.3) is 0 Å². The molecule has 0 atom stereocenters. The van der Waals surface area contributed by atoms with Gasteiger partial charge >= 0.3 is 11.8 Å². The molecule has 0 aliphatic rings. The molecule has 28 heavy (non-hydrogen) atoms. The van der Waals surface area contributed by atoms with Gasteiger partial charge in [0.15, 0.2) is 0 Å². The summed E-state index contributed by atoms with van der Waals surface area (Å²) in [7, 11) is 1.55. The normalized spacial score (nSPS) is 10.3. The number of hydrogen-bond acceptors (Lipinski definition) is 3. The first-order chi connectivity index (χ1) is 13.5. The number of phenols is 1. The fraction of sp³-hybridized carbons (Fsp3) is 0.130. The van der Waals surface area contributed by atoms with Crippen molar-refractivity contribution in [2.75, 3.05) is 11.9 Å². The quantitative estimate of drug-likeness (QED) is 0.695. The Morgan fingerprint density at radius 3 is 1.64 bits per heavy atom. The van der Waals surface area contributed by atoms with Crippen LogP contribution in [0.25, 0.3) is 0 Å². The minimum atomic E-state index is -0.627. The standard InChI is InChI=1S/C23H22N2O3/c1-24(20-12-14-21(26)15-13-20)22(27)23(28)25(16-18-8-4-2-5-9-18)17-19-10-6-3-7-11-19/h2-15,26H,16-17H2,1H3. The molecule has 3 aromatic rings. The Labute approximate surface area is 164 Å². The number of aromatic hydroxyl groups is 1. The minimum absolute atomic E-state index is 0.103. The van der Waals surface area contributed by atoms with E-state index in [0.29, 0.717) is 18.8 Å². The molecule has 0 fully saturated rings. The molecule has 2 amide bonds. The van der Waals surface area contributed by atoms with Crippen molar-refractivity contribution in [3.8, 4) is 5.75 Å². The van der Waals surface area contributed by atoms with Crippen LogP contribution in [0.2, 0.25) is 0 Å². The second-order valence-electron chi connectivity index (χ2n) is 6.51. The van der Waals surface area contributed by atoms with Crippen LogP contribution in [0.15, 0.2) is 84.9 Å². The topological polar surface area (TPSA) is 60.9 Å². The summed E-state index contributed by atoms with van der Waals surface area (Å²) >= 11 is 0. The van der Waals surface area contributed by atoms with Gasteiger partial charge in [-0.25, -0.2) is 0 Å². The summed E-state index contributed by atoms with van der Waals surface area (Å²) < 4.78 is 0. The van der Waals surface area contributed by atoms with Crippen LogP contribution < -0.4 is 4.90 Å². The number of likely N-dealkylation sites (N-methyl/N-ethyl adjacent to an activating group) is 1. The first-order valence-corrected chi connectivity index (χ1v) is 8.98. The highest BCUT2D eigenvalue weighted by atomic mass is 16.3. The van der Waals surface area contributed by atoms with Gasteiger partial charge in [-0.1, -0.05) is 60.7 Å². The third-order valence-electron chi connectivity index (χ3n) is 4.44. The zero-order valence-corrected chi connectivity index (χ0v) is 15.7. The average molecular weight is 374 g/mol. The van der Waals surface area contributed by atoms with Crippen LogP contribution in [-0.4, -0.2) is 28.9 Å². The molecule has 1 N–H and O–H groups in total. The van der Waals surface area contributed by atoms with E-state index in [1.54, 1.807) is 24.1 Å². The molecule has 0 aliphatic carbocycles. The molecular weight excluding hydrogens is 352 g/mol. The molecule has 0 radical (unpaired) electrons. The SMILES string of the molecule is CN(C(=O)C(=O)N(Cc1ccccc1)Cc1ccccc1)c1ccc(O)cc1. The summed E-state index contributed by atoms with van der Waals surface area (Å²) in [5.41, 5.74) is 2.44. The summed E-state index contributed by atoms with van der Waals surface area (Å²) in [6, 6.07) is 25.3. The van der Waals surface area contributed by atoms with Gasteiger partial charge < -0.3 is 14.9 Å². The maximum atomic E-state index is 13.0. The minimum Gasteiger partial charge on any atom is -0.508 e. The lowest BCUT2D eigenvalue weighted by Gasteiger charge is -2.25. The molecule has 0 spiro atoms. The lowest BCUT2D eigenvalue weighted by Crippen LogP contribution is -2.43. The number of phenolic OH excluding ortho intramolecular Hbond substituents is 1. The molecule has 0 bridgehead atoms. The van der Waals surface area contributed by atoms with Gasteiger partial charge in [-0.3, -0.25) is 9.59 Å². The predicted octanol–water partition coefficient (Wildman–Crippen LogP) is 3.58. The number of carbonyl (C=O) groups is 2. The van der Waals surface area contributed by atoms with Crippen molar-refractivity contribution in [2.24, 2.45) is 0 Å². The lowest BCUT2D eigenvalue weighted by molar-refractivity contribution is -0.145. The van der Waals surface area contributed by atoms with Gasteiger partial charge in [0.05, 0.1) is 0 Å². The van der Waals surface area contributed by atoms with Gasteiger partial charge in [-0.2, -0.15) is 0 Å². The van der Waals surface area contributed by atoms with E-state index in [2.05, 4.69) is 0 Å². The molecule has 5 nitrogen and oxygen atoms in total. The molecule has 0 unspecified atom stereocenters. The van der Waals surface area contributed by atoms with E-state index in [1.165, 1.54) is 17.0 Å². The number of benzene rings is 3. The summed E-state index contributed by atoms with van der Waals surface area (Å²) in [5, 5.41) is 9.42. The zero-order valence-electron chi connectivity index (χ0n) is 15.7. The van der Waals surface area contributed by atoms with Gasteiger partial charge in [0.1, 0.15) is 5.75 Å². The molecule has 3 rings (SSSR count). The van der Waals surface area contributed by atoms with Crippen LogP contribution in [0.3, 0.4) is 0 Å². The number of hydrogen-bond donors (Lipinski definition) is 1. The van der Waals surface area contributed by atoms with E-state index in [-0.39, 0.29) is 5.75 Å². The molecule has 5 heteroatoms. The van der Waals surface area contributed by atoms with E-state index in [0.717, 1.165) is 11.1 Å². The third-order valence-corrected chi connectivity index (χ3v) is 4.44. The van der Waals surface area contributed by atoms with Gasteiger partial charge in [-0.05, 0) is 35.4 Å². The number of nitrogens with zero attached hydrogens (tertiary/aromatic N) is 2. The van der Waals surface area contributed by atoms with Crippen LogP contribution in [0.1, 0.15) is 11.1 Å². The van der Waals surface area contributed by atoms with E-state index in [1.807, 2.05) is 60.7 Å². The molecular formula is C23H22N2O3. The largest absolute Gasteiger partial charge is 0.508 e. The van der Waals surface area contributed by atoms with Gasteiger partial charge in [0.2, 0.25) is 0 Å². The molecule has 0 aromatic heterocycles. The highest BCUT2D eigenvalue weighted by molar-refractivity contribution is 6.40. The highest BCUT2D eigenvalue weighted by Crippen LogP contribution is 2.18. The first kappa shape index (κ1) is 19.2. The lowest BCUT2D eigenvalue weighted by atomic mass is 10.1. The number of rotatable bonds is 5. The molecule has 0 saturated carbocycles. The van der Waals surface area contributed by atoms with Crippen molar-refractivity contribution < 1.29 is 14.7 Å². The summed E-state index contributed by atoms with van der Waals surface area (Å²) in [5.74, 6) is -1.11. The van der Waals surface area contributed by atoms with Gasteiger partial charge in [-0.15, -0.1) is 0 Å². The fourth-order valence-electron chi connectivity index (χ4n) is 2.88. The number of anilines is 1. The van der Waals surface area contributed by atoms with Crippen LogP contribution in [0.4, 0.5) is 5.69 Å². The van der Waals surface area contributed by atoms with E-state index in [9.17, 15) is 14.7 Å². The molecule has 0 saturated heterocycles. The van der Waals surface area contributed by atoms with Crippen molar-refractivity contribution >= 4 is 17.5 Å². The Kier molecular flexibility index (Phi) is 6.07. The Morgan fingerprint density at radius 2 is 1.18 bits per heavy atom. The van der Waals surface area contributed by atoms with Crippen LogP contribution in [0.5, 0.6) is 5.75 Å². The van der Waals surface area contributed by atoms with Crippen LogP contribution in [-0.2, 0) is 22.7 Å². The molecule has 142 valence electrons. The summed E-state index contributed by atoms with van der Waals surface area (Å²) in [4.78, 5) is 28.7. The smallest absolute Gasteiger partial charge is 0.316 e. The second kappa shape index (κ2) is 8.86. The van der Waals surface area contributed by atoms with E-state index in [4.69, 9.17) is 0 Å². The van der Waals surface area contributed by atoms with Crippen molar-refractivity contribution in [3.63, 3.8) is 0 Å². The third kappa shape index (κ3) is 4.76. The Bertz CT molecular complexity index is 884. The number of amides is 2. The predicted molar refractivity (Wildman–Crippen MR) is 109 cm³/mol. The van der Waals surface area contributed by atoms with Crippen molar-refractivity contribution in [1.29, 1.82) is 0 Å². The summed E-state index contributed by atoms with van der Waals surface area (Å²) in [6.07, 6.45) is 0.